The lowest BCUT2D eigenvalue weighted by atomic mass is 10.1. The maximum absolute atomic E-state index is 13.7. The predicted octanol–water partition coefficient (Wildman–Crippen LogP) is 4.28. The average molecular weight is 297 g/mol. The van der Waals surface area contributed by atoms with Crippen molar-refractivity contribution in [2.24, 2.45) is 0 Å². The fourth-order valence-electron chi connectivity index (χ4n) is 2.89. The molecule has 0 N–H and O–H groups in total. The molecule has 1 aliphatic carbocycles. The lowest BCUT2D eigenvalue weighted by Crippen LogP contribution is -2.12. The quantitative estimate of drug-likeness (QED) is 0.692. The molecule has 4 rings (SSSR count). The summed E-state index contributed by atoms with van der Waals surface area (Å²) in [6.07, 6.45) is 1.97. The van der Waals surface area contributed by atoms with Crippen molar-refractivity contribution in [2.75, 3.05) is 0 Å². The first-order valence-corrected chi connectivity index (χ1v) is 7.25. The molecule has 2 aromatic carbocycles. The average Bonchev–Trinajstić information content (AvgIpc) is 3.35. The summed E-state index contributed by atoms with van der Waals surface area (Å²) < 4.78 is 29.1. The predicted molar refractivity (Wildman–Crippen MR) is 81.8 cm³/mol. The Balaban J connectivity index is 2.12. The molecule has 22 heavy (non-hydrogen) atoms. The zero-order valence-electron chi connectivity index (χ0n) is 11.7. The van der Waals surface area contributed by atoms with Crippen LogP contribution < -0.4 is 5.43 Å². The van der Waals surface area contributed by atoms with Crippen molar-refractivity contribution in [3.8, 4) is 11.3 Å². The van der Waals surface area contributed by atoms with E-state index in [1.807, 2.05) is 34.9 Å². The van der Waals surface area contributed by atoms with Crippen LogP contribution in [0.1, 0.15) is 18.9 Å². The van der Waals surface area contributed by atoms with Crippen molar-refractivity contribution in [3.05, 3.63) is 70.4 Å². The number of benzene rings is 2. The number of rotatable bonds is 2. The summed E-state index contributed by atoms with van der Waals surface area (Å²) in [5.41, 5.74) is 1.84. The normalized spacial score (nSPS) is 14.5. The summed E-state index contributed by atoms with van der Waals surface area (Å²) in [5, 5.41) is 0.227. The maximum Gasteiger partial charge on any atom is 0.190 e. The molecule has 0 spiro atoms. The van der Waals surface area contributed by atoms with Gasteiger partial charge in [0.2, 0.25) is 0 Å². The van der Waals surface area contributed by atoms with Crippen LogP contribution in [0, 0.1) is 11.6 Å². The molecule has 0 amide bonds. The molecule has 1 aromatic heterocycles. The monoisotopic (exact) mass is 297 g/mol. The van der Waals surface area contributed by atoms with E-state index in [0.29, 0.717) is 5.52 Å². The molecule has 0 atom stereocenters. The third kappa shape index (κ3) is 2.03. The van der Waals surface area contributed by atoms with Gasteiger partial charge in [0, 0.05) is 23.6 Å². The van der Waals surface area contributed by atoms with Gasteiger partial charge in [0.25, 0.3) is 0 Å². The van der Waals surface area contributed by atoms with Gasteiger partial charge in [-0.1, -0.05) is 30.3 Å². The van der Waals surface area contributed by atoms with Crippen molar-refractivity contribution in [3.63, 3.8) is 0 Å². The fraction of sp³-hybridized carbons (Fsp3) is 0.167. The third-order valence-electron chi connectivity index (χ3n) is 4.07. The van der Waals surface area contributed by atoms with E-state index in [-0.39, 0.29) is 16.9 Å². The Morgan fingerprint density at radius 2 is 1.64 bits per heavy atom. The lowest BCUT2D eigenvalue weighted by Gasteiger charge is -2.17. The van der Waals surface area contributed by atoms with Crippen LogP contribution in [0.4, 0.5) is 8.78 Å². The molecular formula is C18H13F2NO. The number of fused-ring (bicyclic) bond motifs is 1. The number of hydrogen-bond donors (Lipinski definition) is 0. The van der Waals surface area contributed by atoms with E-state index in [1.54, 1.807) is 0 Å². The molecule has 3 aromatic rings. The minimum atomic E-state index is -0.987. The first kappa shape index (κ1) is 13.2. The van der Waals surface area contributed by atoms with E-state index in [0.717, 1.165) is 36.2 Å². The first-order valence-electron chi connectivity index (χ1n) is 7.25. The van der Waals surface area contributed by atoms with E-state index >= 15 is 0 Å². The van der Waals surface area contributed by atoms with Crippen LogP contribution in [0.25, 0.3) is 22.2 Å². The molecule has 0 saturated heterocycles. The third-order valence-corrected chi connectivity index (χ3v) is 4.07. The second kappa shape index (κ2) is 4.77. The van der Waals surface area contributed by atoms with Gasteiger partial charge in [0.1, 0.15) is 0 Å². The van der Waals surface area contributed by atoms with Gasteiger partial charge in [-0.25, -0.2) is 8.78 Å². The van der Waals surface area contributed by atoms with E-state index < -0.39 is 11.6 Å². The molecule has 0 bridgehead atoms. The summed E-state index contributed by atoms with van der Waals surface area (Å²) in [6, 6.07) is 13.4. The van der Waals surface area contributed by atoms with Crippen LogP contribution in [0.2, 0.25) is 0 Å². The highest BCUT2D eigenvalue weighted by Gasteiger charge is 2.28. The first-order chi connectivity index (χ1) is 10.6. The Labute approximate surface area is 125 Å². The SMILES string of the molecule is O=c1cc(-c2ccccc2)n(C2CC2)c2cc(F)c(F)cc12. The molecule has 0 unspecified atom stereocenters. The Hall–Kier alpha value is -2.49. The second-order valence-electron chi connectivity index (χ2n) is 5.64. The van der Waals surface area contributed by atoms with Crippen LogP contribution >= 0.6 is 0 Å². The van der Waals surface area contributed by atoms with Gasteiger partial charge in [0.15, 0.2) is 17.1 Å². The van der Waals surface area contributed by atoms with Crippen LogP contribution in [0.5, 0.6) is 0 Å². The highest BCUT2D eigenvalue weighted by atomic mass is 19.2. The molecule has 1 aliphatic rings. The zero-order valence-corrected chi connectivity index (χ0v) is 11.7. The van der Waals surface area contributed by atoms with E-state index in [2.05, 4.69) is 0 Å². The highest BCUT2D eigenvalue weighted by molar-refractivity contribution is 5.83. The van der Waals surface area contributed by atoms with Gasteiger partial charge in [-0.2, -0.15) is 0 Å². The van der Waals surface area contributed by atoms with Crippen LogP contribution in [0.15, 0.2) is 53.3 Å². The van der Waals surface area contributed by atoms with Gasteiger partial charge in [-0.3, -0.25) is 4.79 Å². The number of pyridine rings is 1. The number of hydrogen-bond acceptors (Lipinski definition) is 1. The van der Waals surface area contributed by atoms with E-state index in [1.165, 1.54) is 6.07 Å². The summed E-state index contributed by atoms with van der Waals surface area (Å²) in [5.74, 6) is -1.91. The zero-order chi connectivity index (χ0) is 15.3. The molecule has 4 heteroatoms. The van der Waals surface area contributed by atoms with Gasteiger partial charge < -0.3 is 4.57 Å². The standard InChI is InChI=1S/C18H13F2NO/c19-14-8-13-17(9-15(14)20)21(12-6-7-12)16(10-18(13)22)11-4-2-1-3-5-11/h1-5,8-10,12H,6-7H2. The summed E-state index contributed by atoms with van der Waals surface area (Å²) in [4.78, 5) is 12.3. The Morgan fingerprint density at radius 1 is 0.955 bits per heavy atom. The minimum absolute atomic E-state index is 0.227. The summed E-state index contributed by atoms with van der Waals surface area (Å²) in [7, 11) is 0. The van der Waals surface area contributed by atoms with Crippen LogP contribution in [-0.4, -0.2) is 4.57 Å². The van der Waals surface area contributed by atoms with Crippen LogP contribution in [-0.2, 0) is 0 Å². The number of halogens is 2. The Bertz CT molecular complexity index is 927. The van der Waals surface area contributed by atoms with E-state index in [9.17, 15) is 13.6 Å². The fourth-order valence-corrected chi connectivity index (χ4v) is 2.89. The number of nitrogens with zero attached hydrogens (tertiary/aromatic N) is 1. The topological polar surface area (TPSA) is 22.0 Å². The molecule has 0 radical (unpaired) electrons. The van der Waals surface area contributed by atoms with Crippen molar-refractivity contribution < 1.29 is 8.78 Å². The Morgan fingerprint density at radius 3 is 2.32 bits per heavy atom. The smallest absolute Gasteiger partial charge is 0.190 e. The largest absolute Gasteiger partial charge is 0.337 e. The van der Waals surface area contributed by atoms with Crippen molar-refractivity contribution in [1.82, 2.24) is 4.57 Å². The minimum Gasteiger partial charge on any atom is -0.337 e. The van der Waals surface area contributed by atoms with Gasteiger partial charge >= 0.3 is 0 Å². The van der Waals surface area contributed by atoms with Crippen molar-refractivity contribution in [1.29, 1.82) is 0 Å². The highest BCUT2D eigenvalue weighted by Crippen LogP contribution is 2.40. The lowest BCUT2D eigenvalue weighted by molar-refractivity contribution is 0.510. The number of aromatic nitrogens is 1. The van der Waals surface area contributed by atoms with Gasteiger partial charge in [0.05, 0.1) is 11.2 Å². The van der Waals surface area contributed by atoms with E-state index in [4.69, 9.17) is 0 Å². The van der Waals surface area contributed by atoms with Crippen molar-refractivity contribution >= 4 is 10.9 Å². The second-order valence-corrected chi connectivity index (χ2v) is 5.64. The molecule has 1 saturated carbocycles. The molecule has 110 valence electrons. The van der Waals surface area contributed by atoms with Gasteiger partial charge in [-0.05, 0) is 24.5 Å². The summed E-state index contributed by atoms with van der Waals surface area (Å²) >= 11 is 0. The van der Waals surface area contributed by atoms with Crippen LogP contribution in [0.3, 0.4) is 0 Å². The molecule has 1 heterocycles. The molecule has 2 nitrogen and oxygen atoms in total. The maximum atomic E-state index is 13.7. The molecule has 0 aliphatic heterocycles. The Kier molecular flexibility index (Phi) is 2.86. The van der Waals surface area contributed by atoms with Gasteiger partial charge in [-0.15, -0.1) is 0 Å². The summed E-state index contributed by atoms with van der Waals surface area (Å²) in [6.45, 7) is 0. The molecular weight excluding hydrogens is 284 g/mol. The molecule has 1 fully saturated rings. The van der Waals surface area contributed by atoms with Crippen molar-refractivity contribution in [2.45, 2.75) is 18.9 Å².